The van der Waals surface area contributed by atoms with E-state index < -0.39 is 22.9 Å². The zero-order valence-corrected chi connectivity index (χ0v) is 12.2. The van der Waals surface area contributed by atoms with E-state index >= 15 is 0 Å². The number of hydrazone groups is 1. The van der Waals surface area contributed by atoms with E-state index in [4.69, 9.17) is 14.7 Å². The van der Waals surface area contributed by atoms with Crippen molar-refractivity contribution in [1.82, 2.24) is 0 Å². The van der Waals surface area contributed by atoms with Gasteiger partial charge in [-0.2, -0.15) is 10.3 Å². The molecule has 9 heteroatoms. The summed E-state index contributed by atoms with van der Waals surface area (Å²) in [5, 5.41) is 22.6. The number of rotatable bonds is 7. The molecule has 0 radical (unpaired) electrons. The molecule has 0 fully saturated rings. The maximum absolute atomic E-state index is 11.7. The number of quaternary nitrogens is 1. The first-order chi connectivity index (χ1) is 10.5. The van der Waals surface area contributed by atoms with Crippen LogP contribution in [-0.2, 0) is 19.1 Å². The van der Waals surface area contributed by atoms with Crippen molar-refractivity contribution in [3.8, 4) is 0 Å². The Morgan fingerprint density at radius 1 is 1.23 bits per heavy atom. The summed E-state index contributed by atoms with van der Waals surface area (Å²) in [5.74, 6) is -1.91. The zero-order valence-electron chi connectivity index (χ0n) is 12.2. The van der Waals surface area contributed by atoms with E-state index in [1.54, 1.807) is 19.9 Å². The molecule has 1 aromatic carbocycles. The fraction of sp³-hybridized carbons (Fsp3) is 0.308. The molecule has 22 heavy (non-hydrogen) atoms. The molecule has 0 aliphatic heterocycles. The number of carbonyl (C=O) groups excluding carboxylic acids is 2. The van der Waals surface area contributed by atoms with Crippen molar-refractivity contribution in [2.45, 2.75) is 13.8 Å². The summed E-state index contributed by atoms with van der Waals surface area (Å²) in [7, 11) is 0. The summed E-state index contributed by atoms with van der Waals surface area (Å²) in [6, 6.07) is 5.92. The van der Waals surface area contributed by atoms with Crippen LogP contribution in [0.3, 0.4) is 0 Å². The van der Waals surface area contributed by atoms with Crippen molar-refractivity contribution in [3.05, 3.63) is 29.5 Å². The highest BCUT2D eigenvalue weighted by Crippen LogP contribution is 2.16. The fourth-order valence-electron chi connectivity index (χ4n) is 1.46. The van der Waals surface area contributed by atoms with Crippen molar-refractivity contribution in [3.63, 3.8) is 0 Å². The molecule has 0 bridgehead atoms. The smallest absolute Gasteiger partial charge is 0.366 e. The van der Waals surface area contributed by atoms with Gasteiger partial charge in [0.05, 0.1) is 13.2 Å². The predicted octanol–water partition coefficient (Wildman–Crippen LogP) is -0.0159. The molecule has 0 aromatic heterocycles. The van der Waals surface area contributed by atoms with Gasteiger partial charge in [0, 0.05) is 6.07 Å². The van der Waals surface area contributed by atoms with Crippen LogP contribution in [-0.4, -0.2) is 36.1 Å². The second-order valence-electron chi connectivity index (χ2n) is 3.86. The van der Waals surface area contributed by atoms with Crippen LogP contribution < -0.4 is 10.7 Å². The Bertz CT molecular complexity index is 538. The molecule has 0 amide bonds. The third kappa shape index (κ3) is 4.81. The number of carbonyl (C=O) groups is 2. The summed E-state index contributed by atoms with van der Waals surface area (Å²) in [6.45, 7) is 3.27. The summed E-state index contributed by atoms with van der Waals surface area (Å²) in [5.41, 5.74) is 1.85. The highest BCUT2D eigenvalue weighted by atomic mass is 16.8. The summed E-state index contributed by atoms with van der Waals surface area (Å²) in [6.07, 6.45) is 0. The van der Waals surface area contributed by atoms with Crippen LogP contribution in [0.4, 0.5) is 11.4 Å². The van der Waals surface area contributed by atoms with Crippen molar-refractivity contribution < 1.29 is 29.5 Å². The van der Waals surface area contributed by atoms with Crippen molar-refractivity contribution in [2.75, 3.05) is 18.6 Å². The summed E-state index contributed by atoms with van der Waals surface area (Å²) < 4.78 is 9.42. The third-order valence-electron chi connectivity index (χ3n) is 2.38. The largest absolute Gasteiger partial charge is 0.595 e. The SMILES string of the molecule is CCOC(=O)C(=NNc1ccccc1[NH+]([O-])O)C(=O)OCC. The Morgan fingerprint density at radius 3 is 2.27 bits per heavy atom. The van der Waals surface area contributed by atoms with Crippen LogP contribution in [0.25, 0.3) is 0 Å². The van der Waals surface area contributed by atoms with Gasteiger partial charge in [-0.05, 0) is 19.9 Å². The van der Waals surface area contributed by atoms with Gasteiger partial charge in [0.1, 0.15) is 5.69 Å². The minimum atomic E-state index is -1.17. The van der Waals surface area contributed by atoms with Gasteiger partial charge in [-0.1, -0.05) is 12.1 Å². The number of nitrogens with one attached hydrogen (secondary N) is 2. The van der Waals surface area contributed by atoms with E-state index in [2.05, 4.69) is 10.5 Å². The van der Waals surface area contributed by atoms with Crippen LogP contribution in [0.5, 0.6) is 0 Å². The molecular weight excluding hydrogens is 294 g/mol. The number of esters is 2. The Morgan fingerprint density at radius 2 is 1.77 bits per heavy atom. The molecule has 1 rings (SSSR count). The average Bonchev–Trinajstić information content (AvgIpc) is 2.48. The van der Waals surface area contributed by atoms with Crippen molar-refractivity contribution in [2.24, 2.45) is 5.10 Å². The van der Waals surface area contributed by atoms with E-state index in [1.807, 2.05) is 0 Å². The Labute approximate surface area is 126 Å². The monoisotopic (exact) mass is 311 g/mol. The lowest BCUT2D eigenvalue weighted by atomic mass is 10.3. The number of hydrogen-bond acceptors (Lipinski definition) is 8. The number of para-hydroxylation sites is 2. The maximum atomic E-state index is 11.7. The summed E-state index contributed by atoms with van der Waals surface area (Å²) >= 11 is 0. The fourth-order valence-corrected chi connectivity index (χ4v) is 1.46. The molecule has 1 atom stereocenters. The van der Waals surface area contributed by atoms with Gasteiger partial charge in [0.15, 0.2) is 5.69 Å². The minimum Gasteiger partial charge on any atom is -0.595 e. The lowest BCUT2D eigenvalue weighted by Gasteiger charge is -2.15. The lowest BCUT2D eigenvalue weighted by molar-refractivity contribution is -0.990. The van der Waals surface area contributed by atoms with Crippen molar-refractivity contribution in [1.29, 1.82) is 0 Å². The van der Waals surface area contributed by atoms with E-state index in [1.165, 1.54) is 18.2 Å². The number of nitrogens with zero attached hydrogens (tertiary/aromatic N) is 1. The molecule has 9 nitrogen and oxygen atoms in total. The van der Waals surface area contributed by atoms with Gasteiger partial charge < -0.3 is 14.7 Å². The molecule has 1 aromatic rings. The first kappa shape index (κ1) is 17.6. The molecule has 0 aliphatic rings. The number of ether oxygens (including phenoxy) is 2. The van der Waals surface area contributed by atoms with Crippen LogP contribution in [0, 0.1) is 5.21 Å². The van der Waals surface area contributed by atoms with Gasteiger partial charge in [0.2, 0.25) is 0 Å². The molecule has 3 N–H and O–H groups in total. The quantitative estimate of drug-likeness (QED) is 0.280. The van der Waals surface area contributed by atoms with E-state index in [9.17, 15) is 14.8 Å². The van der Waals surface area contributed by atoms with E-state index in [0.29, 0.717) is 0 Å². The molecule has 0 saturated heterocycles. The maximum Gasteiger partial charge on any atom is 0.366 e. The van der Waals surface area contributed by atoms with Gasteiger partial charge in [0.25, 0.3) is 5.71 Å². The van der Waals surface area contributed by atoms with Gasteiger partial charge in [-0.3, -0.25) is 5.43 Å². The Balaban J connectivity index is 3.03. The van der Waals surface area contributed by atoms with Crippen LogP contribution in [0.1, 0.15) is 13.8 Å². The number of benzene rings is 1. The topological polar surface area (TPSA) is 125 Å². The summed E-state index contributed by atoms with van der Waals surface area (Å²) in [4.78, 5) is 23.4. The Hall–Kier alpha value is -2.49. The molecule has 1 unspecified atom stereocenters. The molecule has 120 valence electrons. The van der Waals surface area contributed by atoms with Crippen LogP contribution >= 0.6 is 0 Å². The van der Waals surface area contributed by atoms with Crippen molar-refractivity contribution >= 4 is 29.0 Å². The molecule has 0 heterocycles. The molecular formula is C13H17N3O6. The van der Waals surface area contributed by atoms with Gasteiger partial charge in [-0.25, -0.2) is 14.8 Å². The zero-order chi connectivity index (χ0) is 16.5. The van der Waals surface area contributed by atoms with Gasteiger partial charge >= 0.3 is 11.9 Å². The first-order valence-corrected chi connectivity index (χ1v) is 6.51. The van der Waals surface area contributed by atoms with E-state index in [0.717, 1.165) is 0 Å². The van der Waals surface area contributed by atoms with Gasteiger partial charge in [-0.15, -0.1) is 0 Å². The highest BCUT2D eigenvalue weighted by Gasteiger charge is 2.24. The Kier molecular flexibility index (Phi) is 6.96. The normalized spacial score (nSPS) is 11.3. The number of hydrogen-bond donors (Lipinski definition) is 3. The van der Waals surface area contributed by atoms with E-state index in [-0.39, 0.29) is 24.6 Å². The van der Waals surface area contributed by atoms with Crippen LogP contribution in [0.2, 0.25) is 0 Å². The standard InChI is InChI=1S/C13H17N3O6/c1-3-21-12(17)11(13(18)22-4-2)15-14-9-7-5-6-8-10(9)16(19)20/h5-8,14,16,19H,3-4H2,1-2H3. The average molecular weight is 311 g/mol. The molecule has 0 saturated carbocycles. The lowest BCUT2D eigenvalue weighted by Crippen LogP contribution is -2.99. The minimum absolute atomic E-state index is 0.0571. The molecule has 0 spiro atoms. The van der Waals surface area contributed by atoms with Crippen LogP contribution in [0.15, 0.2) is 29.4 Å². The highest BCUT2D eigenvalue weighted by molar-refractivity contribution is 6.62. The second kappa shape index (κ2) is 8.72. The second-order valence-corrected chi connectivity index (χ2v) is 3.86. The third-order valence-corrected chi connectivity index (χ3v) is 2.38. The first-order valence-electron chi connectivity index (χ1n) is 6.51. The predicted molar refractivity (Wildman–Crippen MR) is 76.5 cm³/mol. The number of anilines is 1. The molecule has 0 aliphatic carbocycles.